The first-order chi connectivity index (χ1) is 14.2. The van der Waals surface area contributed by atoms with E-state index in [0.29, 0.717) is 0 Å². The Morgan fingerprint density at radius 2 is 1.59 bits per heavy atom. The van der Waals surface area contributed by atoms with Crippen LogP contribution in [0.4, 0.5) is 5.69 Å². The van der Waals surface area contributed by atoms with Crippen LogP contribution in [0.25, 0.3) is 11.8 Å². The molecule has 0 aliphatic carbocycles. The number of rotatable bonds is 13. The van der Waals surface area contributed by atoms with Gasteiger partial charge in [0.25, 0.3) is 0 Å². The number of unbranched alkanes of at least 4 members (excludes halogenated alkanes) is 5. The third-order valence-electron chi connectivity index (χ3n) is 5.44. The first kappa shape index (κ1) is 23.0. The Morgan fingerprint density at radius 1 is 0.897 bits per heavy atom. The Hall–Kier alpha value is -2.28. The molecule has 0 fully saturated rings. The molecule has 0 amide bonds. The van der Waals surface area contributed by atoms with E-state index >= 15 is 0 Å². The zero-order valence-corrected chi connectivity index (χ0v) is 18.8. The highest BCUT2D eigenvalue weighted by Gasteiger charge is 2.11. The lowest BCUT2D eigenvalue weighted by Crippen LogP contribution is -2.04. The lowest BCUT2D eigenvalue weighted by atomic mass is 9.94. The van der Waals surface area contributed by atoms with E-state index in [1.807, 2.05) is 6.07 Å². The fourth-order valence-corrected chi connectivity index (χ4v) is 3.79. The van der Waals surface area contributed by atoms with E-state index in [0.717, 1.165) is 24.1 Å². The largest absolute Gasteiger partial charge is 0.355 e. The van der Waals surface area contributed by atoms with Gasteiger partial charge in [0.05, 0.1) is 0 Å². The minimum atomic E-state index is 0.957. The molecule has 0 aliphatic heterocycles. The predicted molar refractivity (Wildman–Crippen MR) is 131 cm³/mol. The molecule has 0 saturated heterocycles. The second-order valence-corrected chi connectivity index (χ2v) is 7.95. The highest BCUT2D eigenvalue weighted by molar-refractivity contribution is 5.81. The highest BCUT2D eigenvalue weighted by atomic mass is 14.9. The number of benzene rings is 2. The van der Waals surface area contributed by atoms with Crippen molar-refractivity contribution in [3.63, 3.8) is 0 Å². The van der Waals surface area contributed by atoms with E-state index in [-0.39, 0.29) is 0 Å². The van der Waals surface area contributed by atoms with Gasteiger partial charge in [-0.05, 0) is 55.4 Å². The molecule has 0 radical (unpaired) electrons. The van der Waals surface area contributed by atoms with Crippen molar-refractivity contribution >= 4 is 17.5 Å². The summed E-state index contributed by atoms with van der Waals surface area (Å²) in [4.78, 5) is 0. The van der Waals surface area contributed by atoms with Gasteiger partial charge in [-0.15, -0.1) is 0 Å². The standard InChI is InChI=1S/C28H39N/c1-5-8-10-13-17-24-21-26(20-12-9-6-2)27(16-7-3)28(22-24)29-23(4)25-18-14-11-15-19-25/h7,11,14-16,18-19,21-22,29H,4-6,8-10,12-13,17,20H2,1-3H3/b16-7-. The van der Waals surface area contributed by atoms with Crippen molar-refractivity contribution in [2.45, 2.75) is 78.6 Å². The highest BCUT2D eigenvalue weighted by Crippen LogP contribution is 2.29. The van der Waals surface area contributed by atoms with Crippen LogP contribution in [0.2, 0.25) is 0 Å². The van der Waals surface area contributed by atoms with Gasteiger partial charge in [-0.1, -0.05) is 101 Å². The molecule has 0 saturated carbocycles. The SMILES string of the molecule is C=C(Nc1cc(CCCCCC)cc(CCCCC)c1/C=C\C)c1ccccc1. The van der Waals surface area contributed by atoms with Crippen LogP contribution in [0.15, 0.2) is 55.1 Å². The molecular weight excluding hydrogens is 350 g/mol. The monoisotopic (exact) mass is 389 g/mol. The first-order valence-electron chi connectivity index (χ1n) is 11.5. The van der Waals surface area contributed by atoms with Gasteiger partial charge in [0.1, 0.15) is 0 Å². The van der Waals surface area contributed by atoms with Gasteiger partial charge in [-0.3, -0.25) is 0 Å². The van der Waals surface area contributed by atoms with E-state index in [1.165, 1.54) is 67.3 Å². The molecule has 0 unspecified atom stereocenters. The van der Waals surface area contributed by atoms with Crippen LogP contribution in [0, 0.1) is 0 Å². The topological polar surface area (TPSA) is 12.0 Å². The van der Waals surface area contributed by atoms with Gasteiger partial charge in [0.2, 0.25) is 0 Å². The van der Waals surface area contributed by atoms with Crippen LogP contribution < -0.4 is 5.32 Å². The number of hydrogen-bond donors (Lipinski definition) is 1. The van der Waals surface area contributed by atoms with E-state index in [2.05, 4.69) is 81.2 Å². The van der Waals surface area contributed by atoms with Gasteiger partial charge in [-0.2, -0.15) is 0 Å². The van der Waals surface area contributed by atoms with Crippen LogP contribution >= 0.6 is 0 Å². The molecule has 1 heteroatoms. The Bertz CT molecular complexity index is 770. The summed E-state index contributed by atoms with van der Waals surface area (Å²) in [5, 5.41) is 3.64. The average Bonchev–Trinajstić information content (AvgIpc) is 2.74. The summed E-state index contributed by atoms with van der Waals surface area (Å²) in [6, 6.07) is 15.2. The second kappa shape index (κ2) is 13.0. The molecule has 2 rings (SSSR count). The zero-order valence-electron chi connectivity index (χ0n) is 18.8. The van der Waals surface area contributed by atoms with Gasteiger partial charge in [0, 0.05) is 16.9 Å². The average molecular weight is 390 g/mol. The van der Waals surface area contributed by atoms with Crippen molar-refractivity contribution in [3.8, 4) is 0 Å². The lowest BCUT2D eigenvalue weighted by molar-refractivity contribution is 0.666. The van der Waals surface area contributed by atoms with Crippen LogP contribution in [0.3, 0.4) is 0 Å². The molecule has 0 aliphatic rings. The minimum Gasteiger partial charge on any atom is -0.355 e. The van der Waals surface area contributed by atoms with Crippen molar-refractivity contribution in [2.24, 2.45) is 0 Å². The third kappa shape index (κ3) is 7.57. The van der Waals surface area contributed by atoms with Crippen LogP contribution in [-0.4, -0.2) is 0 Å². The summed E-state index contributed by atoms with van der Waals surface area (Å²) in [7, 11) is 0. The zero-order chi connectivity index (χ0) is 20.9. The summed E-state index contributed by atoms with van der Waals surface area (Å²) in [5.41, 5.74) is 7.52. The van der Waals surface area contributed by atoms with Crippen LogP contribution in [-0.2, 0) is 12.8 Å². The van der Waals surface area contributed by atoms with Gasteiger partial charge < -0.3 is 5.32 Å². The number of nitrogens with one attached hydrogen (secondary N) is 1. The van der Waals surface area contributed by atoms with Crippen molar-refractivity contribution in [1.82, 2.24) is 0 Å². The molecule has 2 aromatic rings. The molecule has 0 bridgehead atoms. The van der Waals surface area contributed by atoms with E-state index in [4.69, 9.17) is 0 Å². The summed E-state index contributed by atoms with van der Waals surface area (Å²) in [5.74, 6) is 0. The quantitative estimate of drug-likeness (QED) is 0.338. The van der Waals surface area contributed by atoms with E-state index in [1.54, 1.807) is 0 Å². The molecule has 0 atom stereocenters. The molecular formula is C28H39N. The van der Waals surface area contributed by atoms with E-state index < -0.39 is 0 Å². The molecule has 0 aromatic heterocycles. The summed E-state index contributed by atoms with van der Waals surface area (Å²) < 4.78 is 0. The number of aryl methyl sites for hydroxylation is 2. The Morgan fingerprint density at radius 3 is 2.28 bits per heavy atom. The number of allylic oxidation sites excluding steroid dienone is 1. The Kier molecular flexibility index (Phi) is 10.3. The smallest absolute Gasteiger partial charge is 0.0463 e. The van der Waals surface area contributed by atoms with Crippen molar-refractivity contribution in [2.75, 3.05) is 5.32 Å². The van der Waals surface area contributed by atoms with Crippen molar-refractivity contribution < 1.29 is 0 Å². The number of hydrogen-bond acceptors (Lipinski definition) is 1. The first-order valence-corrected chi connectivity index (χ1v) is 11.5. The van der Waals surface area contributed by atoms with Crippen molar-refractivity contribution in [1.29, 1.82) is 0 Å². The fraction of sp³-hybridized carbons (Fsp3) is 0.429. The molecule has 1 nitrogen and oxygen atoms in total. The Balaban J connectivity index is 2.32. The van der Waals surface area contributed by atoms with E-state index in [9.17, 15) is 0 Å². The number of anilines is 1. The molecule has 0 heterocycles. The van der Waals surface area contributed by atoms with Crippen LogP contribution in [0.1, 0.15) is 88.0 Å². The maximum absolute atomic E-state index is 4.31. The summed E-state index contributed by atoms with van der Waals surface area (Å²) in [6.45, 7) is 11.0. The van der Waals surface area contributed by atoms with Gasteiger partial charge in [-0.25, -0.2) is 0 Å². The molecule has 156 valence electrons. The summed E-state index contributed by atoms with van der Waals surface area (Å²) in [6.07, 6.45) is 15.7. The molecule has 2 aromatic carbocycles. The maximum atomic E-state index is 4.31. The van der Waals surface area contributed by atoms with Gasteiger partial charge >= 0.3 is 0 Å². The van der Waals surface area contributed by atoms with Crippen molar-refractivity contribution in [3.05, 3.63) is 77.4 Å². The normalized spacial score (nSPS) is 11.1. The predicted octanol–water partition coefficient (Wildman–Crippen LogP) is 8.66. The molecule has 1 N–H and O–H groups in total. The van der Waals surface area contributed by atoms with Crippen LogP contribution in [0.5, 0.6) is 0 Å². The fourth-order valence-electron chi connectivity index (χ4n) is 3.79. The lowest BCUT2D eigenvalue weighted by Gasteiger charge is -2.18. The molecule has 29 heavy (non-hydrogen) atoms. The second-order valence-electron chi connectivity index (χ2n) is 7.95. The maximum Gasteiger partial charge on any atom is 0.0463 e. The Labute approximate surface area is 178 Å². The third-order valence-corrected chi connectivity index (χ3v) is 5.44. The molecule has 0 spiro atoms. The van der Waals surface area contributed by atoms with Gasteiger partial charge in [0.15, 0.2) is 0 Å². The minimum absolute atomic E-state index is 0.957. The summed E-state index contributed by atoms with van der Waals surface area (Å²) >= 11 is 0.